The highest BCUT2D eigenvalue weighted by molar-refractivity contribution is 7.09. The zero-order valence-electron chi connectivity index (χ0n) is 12.0. The molecule has 1 aromatic heterocycles. The molecule has 0 spiro atoms. The van der Waals surface area contributed by atoms with Gasteiger partial charge in [0.25, 0.3) is 0 Å². The highest BCUT2D eigenvalue weighted by Gasteiger charge is 2.19. The second-order valence-electron chi connectivity index (χ2n) is 4.74. The van der Waals surface area contributed by atoms with Crippen LogP contribution in [0.5, 0.6) is 0 Å². The zero-order chi connectivity index (χ0) is 15.1. The summed E-state index contributed by atoms with van der Waals surface area (Å²) >= 11 is 1.56. The number of hydrogen-bond acceptors (Lipinski definition) is 4. The average Bonchev–Trinajstić information content (AvgIpc) is 2.95. The van der Waals surface area contributed by atoms with Crippen LogP contribution < -0.4 is 5.32 Å². The third kappa shape index (κ3) is 4.80. The number of aromatic nitrogens is 1. The molecular formula is C13H21N3O3S. The molecule has 20 heavy (non-hydrogen) atoms. The van der Waals surface area contributed by atoms with Crippen molar-refractivity contribution in [2.45, 2.75) is 26.7 Å². The molecule has 112 valence electrons. The number of amides is 2. The molecule has 0 saturated carbocycles. The van der Waals surface area contributed by atoms with Crippen molar-refractivity contribution in [1.29, 1.82) is 0 Å². The van der Waals surface area contributed by atoms with E-state index in [-0.39, 0.29) is 18.5 Å². The lowest BCUT2D eigenvalue weighted by atomic mass is 10.1. The van der Waals surface area contributed by atoms with E-state index in [1.807, 2.05) is 19.2 Å². The number of carboxylic acid groups (broad SMARTS) is 1. The third-order valence-corrected chi connectivity index (χ3v) is 4.02. The molecule has 0 aliphatic rings. The number of urea groups is 1. The van der Waals surface area contributed by atoms with Crippen molar-refractivity contribution >= 4 is 23.3 Å². The van der Waals surface area contributed by atoms with Crippen LogP contribution in [0.25, 0.3) is 0 Å². The fourth-order valence-electron chi connectivity index (χ4n) is 1.68. The van der Waals surface area contributed by atoms with Gasteiger partial charge in [-0.15, -0.1) is 11.3 Å². The lowest BCUT2D eigenvalue weighted by Gasteiger charge is -2.24. The van der Waals surface area contributed by atoms with Crippen LogP contribution in [0.1, 0.15) is 31.7 Å². The Balaban J connectivity index is 2.45. The first-order chi connectivity index (χ1) is 9.45. The molecule has 1 heterocycles. The third-order valence-electron chi connectivity index (χ3n) is 3.02. The van der Waals surface area contributed by atoms with Crippen LogP contribution in [0, 0.1) is 5.92 Å². The summed E-state index contributed by atoms with van der Waals surface area (Å²) in [4.78, 5) is 28.6. The summed E-state index contributed by atoms with van der Waals surface area (Å²) in [5, 5.41) is 14.6. The van der Waals surface area contributed by atoms with E-state index >= 15 is 0 Å². The van der Waals surface area contributed by atoms with Gasteiger partial charge in [0, 0.05) is 37.1 Å². The van der Waals surface area contributed by atoms with Crippen LogP contribution in [-0.2, 0) is 4.79 Å². The van der Waals surface area contributed by atoms with Crippen LogP contribution >= 0.6 is 11.3 Å². The quantitative estimate of drug-likeness (QED) is 0.806. The Labute approximate surface area is 122 Å². The Morgan fingerprint density at radius 1 is 1.50 bits per heavy atom. The Bertz CT molecular complexity index is 436. The maximum atomic E-state index is 12.0. The minimum Gasteiger partial charge on any atom is -0.481 e. The SMILES string of the molecule is CCN(CC(C)C(=O)O)C(=O)NCC(C)c1nccs1. The van der Waals surface area contributed by atoms with E-state index in [2.05, 4.69) is 10.3 Å². The molecule has 6 nitrogen and oxygen atoms in total. The molecule has 1 rings (SSSR count). The number of rotatable bonds is 7. The van der Waals surface area contributed by atoms with Gasteiger partial charge in [0.2, 0.25) is 0 Å². The number of thiazole rings is 1. The van der Waals surface area contributed by atoms with Gasteiger partial charge in [-0.05, 0) is 6.92 Å². The molecule has 0 aliphatic heterocycles. The molecular weight excluding hydrogens is 278 g/mol. The lowest BCUT2D eigenvalue weighted by Crippen LogP contribution is -2.44. The van der Waals surface area contributed by atoms with Crippen molar-refractivity contribution in [3.63, 3.8) is 0 Å². The zero-order valence-corrected chi connectivity index (χ0v) is 12.8. The minimum absolute atomic E-state index is 0.148. The van der Waals surface area contributed by atoms with Gasteiger partial charge in [-0.1, -0.05) is 13.8 Å². The second kappa shape index (κ2) is 7.84. The molecule has 2 unspecified atom stereocenters. The molecule has 2 N–H and O–H groups in total. The summed E-state index contributed by atoms with van der Waals surface area (Å²) in [7, 11) is 0. The van der Waals surface area contributed by atoms with E-state index in [1.54, 1.807) is 24.5 Å². The first-order valence-corrected chi connectivity index (χ1v) is 7.48. The summed E-state index contributed by atoms with van der Waals surface area (Å²) in [6.07, 6.45) is 1.74. The van der Waals surface area contributed by atoms with Crippen LogP contribution in [0.3, 0.4) is 0 Å². The van der Waals surface area contributed by atoms with Crippen molar-refractivity contribution in [1.82, 2.24) is 15.2 Å². The average molecular weight is 299 g/mol. The van der Waals surface area contributed by atoms with Gasteiger partial charge in [-0.25, -0.2) is 9.78 Å². The highest BCUT2D eigenvalue weighted by atomic mass is 32.1. The number of carbonyl (C=O) groups excluding carboxylic acids is 1. The van der Waals surface area contributed by atoms with E-state index in [1.165, 1.54) is 4.90 Å². The van der Waals surface area contributed by atoms with Gasteiger partial charge < -0.3 is 15.3 Å². The van der Waals surface area contributed by atoms with Gasteiger partial charge in [-0.2, -0.15) is 0 Å². The maximum absolute atomic E-state index is 12.0. The molecule has 2 atom stereocenters. The van der Waals surface area contributed by atoms with Crippen molar-refractivity contribution in [2.24, 2.45) is 5.92 Å². The predicted octanol–water partition coefficient (Wildman–Crippen LogP) is 2.00. The van der Waals surface area contributed by atoms with Gasteiger partial charge in [-0.3, -0.25) is 4.79 Å². The minimum atomic E-state index is -0.896. The number of aliphatic carboxylic acids is 1. The Morgan fingerprint density at radius 2 is 2.20 bits per heavy atom. The van der Waals surface area contributed by atoms with Crippen molar-refractivity contribution < 1.29 is 14.7 Å². The smallest absolute Gasteiger partial charge is 0.317 e. The molecule has 0 aromatic carbocycles. The number of carbonyl (C=O) groups is 2. The monoisotopic (exact) mass is 299 g/mol. The molecule has 1 aromatic rings. The van der Waals surface area contributed by atoms with Crippen molar-refractivity contribution in [3.05, 3.63) is 16.6 Å². The summed E-state index contributed by atoms with van der Waals surface area (Å²) in [5.41, 5.74) is 0. The molecule has 0 bridgehead atoms. The van der Waals surface area contributed by atoms with E-state index in [4.69, 9.17) is 5.11 Å². The Hall–Kier alpha value is -1.63. The standard InChI is InChI=1S/C13H21N3O3S/c1-4-16(8-10(3)12(17)18)13(19)15-7-9(2)11-14-5-6-20-11/h5-6,9-10H,4,7-8H2,1-3H3,(H,15,19)(H,17,18). The number of carboxylic acids is 1. The fourth-order valence-corrected chi connectivity index (χ4v) is 2.38. The fraction of sp³-hybridized carbons (Fsp3) is 0.615. The first-order valence-electron chi connectivity index (χ1n) is 6.60. The number of nitrogens with zero attached hydrogens (tertiary/aromatic N) is 2. The van der Waals surface area contributed by atoms with Crippen LogP contribution in [0.4, 0.5) is 4.79 Å². The highest BCUT2D eigenvalue weighted by Crippen LogP contribution is 2.16. The second-order valence-corrected chi connectivity index (χ2v) is 5.66. The molecule has 0 saturated heterocycles. The van der Waals surface area contributed by atoms with Crippen molar-refractivity contribution in [3.8, 4) is 0 Å². The van der Waals surface area contributed by atoms with E-state index in [0.717, 1.165) is 5.01 Å². The Morgan fingerprint density at radius 3 is 2.70 bits per heavy atom. The number of hydrogen-bond donors (Lipinski definition) is 2. The van der Waals surface area contributed by atoms with Gasteiger partial charge >= 0.3 is 12.0 Å². The molecule has 2 amide bonds. The largest absolute Gasteiger partial charge is 0.481 e. The summed E-state index contributed by atoms with van der Waals surface area (Å²) in [6, 6.07) is -0.232. The normalized spacial score (nSPS) is 13.6. The van der Waals surface area contributed by atoms with Gasteiger partial charge in [0.05, 0.1) is 10.9 Å². The molecule has 0 radical (unpaired) electrons. The molecule has 0 fully saturated rings. The Kier molecular flexibility index (Phi) is 6.44. The maximum Gasteiger partial charge on any atom is 0.317 e. The van der Waals surface area contributed by atoms with Crippen molar-refractivity contribution in [2.75, 3.05) is 19.6 Å². The summed E-state index contributed by atoms with van der Waals surface area (Å²) in [5.74, 6) is -1.32. The van der Waals surface area contributed by atoms with Gasteiger partial charge in [0.15, 0.2) is 0 Å². The summed E-state index contributed by atoms with van der Waals surface area (Å²) in [6.45, 7) is 6.60. The lowest BCUT2D eigenvalue weighted by molar-refractivity contribution is -0.141. The van der Waals surface area contributed by atoms with E-state index in [9.17, 15) is 9.59 Å². The number of nitrogens with one attached hydrogen (secondary N) is 1. The first kappa shape index (κ1) is 16.4. The van der Waals surface area contributed by atoms with Crippen LogP contribution in [-0.4, -0.2) is 46.6 Å². The molecule has 0 aliphatic carbocycles. The van der Waals surface area contributed by atoms with Crippen LogP contribution in [0.15, 0.2) is 11.6 Å². The van der Waals surface area contributed by atoms with E-state index in [0.29, 0.717) is 13.1 Å². The van der Waals surface area contributed by atoms with Crippen LogP contribution in [0.2, 0.25) is 0 Å². The van der Waals surface area contributed by atoms with Gasteiger partial charge in [0.1, 0.15) is 0 Å². The van der Waals surface area contributed by atoms with E-state index < -0.39 is 11.9 Å². The summed E-state index contributed by atoms with van der Waals surface area (Å²) < 4.78 is 0. The molecule has 7 heteroatoms. The topological polar surface area (TPSA) is 82.5 Å². The predicted molar refractivity (Wildman–Crippen MR) is 78.0 cm³/mol.